The van der Waals surface area contributed by atoms with Crippen molar-refractivity contribution in [2.24, 2.45) is 0 Å². The molecule has 9 heteroatoms. The van der Waals surface area contributed by atoms with Crippen molar-refractivity contribution >= 4 is 44.4 Å². The van der Waals surface area contributed by atoms with Crippen molar-refractivity contribution in [3.63, 3.8) is 0 Å². The second kappa shape index (κ2) is 8.91. The Morgan fingerprint density at radius 1 is 1.22 bits per heavy atom. The number of aromatic nitrogens is 1. The highest BCUT2D eigenvalue weighted by Gasteiger charge is 2.30. The first-order valence-electron chi connectivity index (χ1n) is 10.2. The largest absolute Gasteiger partial charge is 0.416 e. The summed E-state index contributed by atoms with van der Waals surface area (Å²) in [5.41, 5.74) is 1.32. The van der Waals surface area contributed by atoms with E-state index in [0.29, 0.717) is 17.3 Å². The molecule has 0 saturated carbocycles. The van der Waals surface area contributed by atoms with Gasteiger partial charge in [0.25, 0.3) is 0 Å². The number of anilines is 2. The van der Waals surface area contributed by atoms with Crippen LogP contribution < -0.4 is 10.2 Å². The Bertz CT molecular complexity index is 1140. The van der Waals surface area contributed by atoms with E-state index in [0.717, 1.165) is 47.0 Å². The predicted molar refractivity (Wildman–Crippen MR) is 123 cm³/mol. The summed E-state index contributed by atoms with van der Waals surface area (Å²) in [5.74, 6) is -0.359. The first kappa shape index (κ1) is 22.3. The van der Waals surface area contributed by atoms with Crippen molar-refractivity contribution in [2.75, 3.05) is 37.4 Å². The van der Waals surface area contributed by atoms with Gasteiger partial charge in [0.15, 0.2) is 5.13 Å². The van der Waals surface area contributed by atoms with Gasteiger partial charge in [0, 0.05) is 30.9 Å². The molecule has 2 heterocycles. The molecule has 1 amide bonds. The molecule has 32 heavy (non-hydrogen) atoms. The molecule has 0 spiro atoms. The van der Waals surface area contributed by atoms with Crippen LogP contribution in [-0.2, 0) is 11.0 Å². The molecule has 1 aromatic heterocycles. The molecule has 0 radical (unpaired) electrons. The van der Waals surface area contributed by atoms with Gasteiger partial charge < -0.3 is 15.1 Å². The van der Waals surface area contributed by atoms with Crippen LogP contribution in [0.3, 0.4) is 0 Å². The van der Waals surface area contributed by atoms with Gasteiger partial charge in [-0.2, -0.15) is 13.2 Å². The lowest BCUT2D eigenvalue weighted by Crippen LogP contribution is -2.31. The van der Waals surface area contributed by atoms with Gasteiger partial charge in [0.1, 0.15) is 0 Å². The third-order valence-corrected chi connectivity index (χ3v) is 6.55. The van der Waals surface area contributed by atoms with Crippen molar-refractivity contribution in [2.45, 2.75) is 18.6 Å². The number of nitrogens with zero attached hydrogens (tertiary/aromatic N) is 3. The fourth-order valence-electron chi connectivity index (χ4n) is 3.60. The molecule has 5 nitrogen and oxygen atoms in total. The van der Waals surface area contributed by atoms with Crippen LogP contribution in [0.5, 0.6) is 0 Å². The molecule has 1 aliphatic rings. The summed E-state index contributed by atoms with van der Waals surface area (Å²) >= 11 is 1.60. The van der Waals surface area contributed by atoms with Crippen LogP contribution in [0.15, 0.2) is 48.5 Å². The first-order valence-corrected chi connectivity index (χ1v) is 11.0. The fourth-order valence-corrected chi connectivity index (χ4v) is 4.64. The quantitative estimate of drug-likeness (QED) is 0.538. The van der Waals surface area contributed by atoms with E-state index in [9.17, 15) is 18.0 Å². The number of carbonyl (C=O) groups is 1. The smallest absolute Gasteiger partial charge is 0.346 e. The maximum absolute atomic E-state index is 12.6. The number of benzene rings is 2. The molecule has 1 N–H and O–H groups in total. The third kappa shape index (κ3) is 5.11. The minimum absolute atomic E-state index is 0.359. The number of likely N-dealkylation sites (N-methyl/N-ethyl adjacent to an activating group) is 1. The van der Waals surface area contributed by atoms with E-state index >= 15 is 0 Å². The van der Waals surface area contributed by atoms with Crippen LogP contribution in [0.25, 0.3) is 16.3 Å². The summed E-state index contributed by atoms with van der Waals surface area (Å²) in [6, 6.07) is 10.7. The second-order valence-corrected chi connectivity index (χ2v) is 8.98. The predicted octanol–water partition coefficient (Wildman–Crippen LogP) is 5.11. The topological polar surface area (TPSA) is 48.5 Å². The molecule has 1 unspecified atom stereocenters. The summed E-state index contributed by atoms with van der Waals surface area (Å²) in [7, 11) is 4.18. The van der Waals surface area contributed by atoms with Crippen LogP contribution in [0.4, 0.5) is 24.0 Å². The Kier molecular flexibility index (Phi) is 6.21. The zero-order valence-electron chi connectivity index (χ0n) is 17.7. The summed E-state index contributed by atoms with van der Waals surface area (Å²) in [6.45, 7) is 1.92. The normalized spacial score (nSPS) is 17.1. The molecule has 3 aromatic rings. The lowest BCUT2D eigenvalue weighted by molar-refractivity contribution is -0.137. The van der Waals surface area contributed by atoms with Crippen LogP contribution in [0.1, 0.15) is 17.5 Å². The standard InChI is InChI=1S/C23H23F3N4OS/c1-29(2)18-11-12-30(14-18)22-28-19-9-8-17(13-20(19)32-22)27-21(31)10-5-15-3-6-16(7-4-15)23(24,25)26/h3-10,13,18H,11-12,14H2,1-2H3,(H,27,31). The van der Waals surface area contributed by atoms with E-state index < -0.39 is 11.7 Å². The molecule has 4 rings (SSSR count). The molecular formula is C23H23F3N4OS. The van der Waals surface area contributed by atoms with Crippen molar-refractivity contribution in [3.05, 3.63) is 59.7 Å². The molecule has 1 atom stereocenters. The minimum atomic E-state index is -4.38. The highest BCUT2D eigenvalue weighted by Crippen LogP contribution is 2.33. The van der Waals surface area contributed by atoms with E-state index in [1.54, 1.807) is 17.4 Å². The average molecular weight is 461 g/mol. The molecular weight excluding hydrogens is 437 g/mol. The van der Waals surface area contributed by atoms with E-state index in [-0.39, 0.29) is 5.91 Å². The minimum Gasteiger partial charge on any atom is -0.346 e. The molecule has 0 bridgehead atoms. The molecule has 0 aliphatic carbocycles. The molecule has 168 valence electrons. The van der Waals surface area contributed by atoms with Crippen molar-refractivity contribution in [1.82, 2.24) is 9.88 Å². The van der Waals surface area contributed by atoms with E-state index in [4.69, 9.17) is 4.98 Å². The summed E-state index contributed by atoms with van der Waals surface area (Å²) in [6.07, 6.45) is -0.489. The monoisotopic (exact) mass is 460 g/mol. The highest BCUT2D eigenvalue weighted by atomic mass is 32.1. The number of hydrogen-bond acceptors (Lipinski definition) is 5. The first-order chi connectivity index (χ1) is 15.2. The third-order valence-electron chi connectivity index (χ3n) is 5.47. The Labute approximate surface area is 188 Å². The van der Waals surface area contributed by atoms with Gasteiger partial charge in [-0.05, 0) is 62.5 Å². The zero-order chi connectivity index (χ0) is 22.9. The van der Waals surface area contributed by atoms with Gasteiger partial charge in [0.2, 0.25) is 5.91 Å². The average Bonchev–Trinajstić information content (AvgIpc) is 3.39. The van der Waals surface area contributed by atoms with Gasteiger partial charge in [-0.1, -0.05) is 23.5 Å². The maximum atomic E-state index is 12.6. The lowest BCUT2D eigenvalue weighted by atomic mass is 10.1. The number of alkyl halides is 3. The Morgan fingerprint density at radius 3 is 2.62 bits per heavy atom. The second-order valence-electron chi connectivity index (χ2n) is 7.97. The summed E-state index contributed by atoms with van der Waals surface area (Å²) in [5, 5.41) is 3.78. The van der Waals surface area contributed by atoms with Crippen LogP contribution in [-0.4, -0.2) is 49.0 Å². The van der Waals surface area contributed by atoms with Gasteiger partial charge in [0.05, 0.1) is 15.8 Å². The van der Waals surface area contributed by atoms with Gasteiger partial charge in [-0.15, -0.1) is 0 Å². The van der Waals surface area contributed by atoms with E-state index in [1.807, 2.05) is 12.1 Å². The number of rotatable bonds is 5. The number of nitrogens with one attached hydrogen (secondary N) is 1. The number of amides is 1. The highest BCUT2D eigenvalue weighted by molar-refractivity contribution is 7.22. The number of thiazole rings is 1. The molecule has 1 fully saturated rings. The molecule has 1 saturated heterocycles. The van der Waals surface area contributed by atoms with Crippen molar-refractivity contribution in [1.29, 1.82) is 0 Å². The molecule has 2 aromatic carbocycles. The van der Waals surface area contributed by atoms with Crippen molar-refractivity contribution in [3.8, 4) is 0 Å². The maximum Gasteiger partial charge on any atom is 0.416 e. The Balaban J connectivity index is 1.40. The van der Waals surface area contributed by atoms with Crippen LogP contribution in [0.2, 0.25) is 0 Å². The summed E-state index contributed by atoms with van der Waals surface area (Å²) in [4.78, 5) is 21.5. The van der Waals surface area contributed by atoms with Gasteiger partial charge >= 0.3 is 6.18 Å². The van der Waals surface area contributed by atoms with E-state index in [1.165, 1.54) is 24.3 Å². The number of fused-ring (bicyclic) bond motifs is 1. The number of hydrogen-bond donors (Lipinski definition) is 1. The van der Waals surface area contributed by atoms with Gasteiger partial charge in [-0.25, -0.2) is 4.98 Å². The van der Waals surface area contributed by atoms with E-state index in [2.05, 4.69) is 29.2 Å². The Morgan fingerprint density at radius 2 is 1.97 bits per heavy atom. The fraction of sp³-hybridized carbons (Fsp3) is 0.304. The Hall–Kier alpha value is -2.91. The number of carbonyl (C=O) groups excluding carboxylic acids is 1. The van der Waals surface area contributed by atoms with Crippen LogP contribution >= 0.6 is 11.3 Å². The molecule has 1 aliphatic heterocycles. The lowest BCUT2D eigenvalue weighted by Gasteiger charge is -2.19. The SMILES string of the molecule is CN(C)C1CCN(c2nc3ccc(NC(=O)C=Cc4ccc(C(F)(F)F)cc4)cc3s2)C1. The number of halogens is 3. The van der Waals surface area contributed by atoms with Crippen molar-refractivity contribution < 1.29 is 18.0 Å². The summed E-state index contributed by atoms with van der Waals surface area (Å²) < 4.78 is 38.9. The zero-order valence-corrected chi connectivity index (χ0v) is 18.5. The van der Waals surface area contributed by atoms with Crippen LogP contribution in [0, 0.1) is 0 Å². The van der Waals surface area contributed by atoms with Gasteiger partial charge in [-0.3, -0.25) is 4.79 Å².